The highest BCUT2D eigenvalue weighted by atomic mass is 16.3. The topological polar surface area (TPSA) is 109 Å². The molecule has 0 saturated carbocycles. The second-order valence-electron chi connectivity index (χ2n) is 3.33. The molecule has 1 rings (SSSR count). The molecule has 3 N–H and O–H groups in total. The third-order valence-corrected chi connectivity index (χ3v) is 2.10. The van der Waals surface area contributed by atoms with E-state index in [-0.39, 0.29) is 19.0 Å². The predicted octanol–water partition coefficient (Wildman–Crippen LogP) is -2.76. The number of aliphatic hydroxyl groups is 2. The van der Waals surface area contributed by atoms with Crippen LogP contribution < -0.4 is 16.6 Å². The molecule has 90 valence electrons. The summed E-state index contributed by atoms with van der Waals surface area (Å²) in [4.78, 5) is 22.9. The summed E-state index contributed by atoms with van der Waals surface area (Å²) in [7, 11) is 2.73. The summed E-state index contributed by atoms with van der Waals surface area (Å²) in [5.41, 5.74) is -1.14. The van der Waals surface area contributed by atoms with E-state index in [1.807, 2.05) is 0 Å². The molecule has 1 aromatic heterocycles. The van der Waals surface area contributed by atoms with Gasteiger partial charge in [-0.2, -0.15) is 0 Å². The van der Waals surface area contributed by atoms with E-state index in [9.17, 15) is 9.59 Å². The molecule has 0 spiro atoms. The number of hydrogen-bond acceptors (Lipinski definition) is 6. The van der Waals surface area contributed by atoms with Crippen molar-refractivity contribution in [2.24, 2.45) is 14.1 Å². The molecule has 0 unspecified atom stereocenters. The maximum Gasteiger partial charge on any atom is 0.346 e. The Hall–Kier alpha value is -1.67. The van der Waals surface area contributed by atoms with Gasteiger partial charge in [0.05, 0.1) is 19.3 Å². The van der Waals surface area contributed by atoms with Crippen LogP contribution in [0.1, 0.15) is 0 Å². The third-order valence-electron chi connectivity index (χ3n) is 2.10. The van der Waals surface area contributed by atoms with Crippen LogP contribution in [-0.4, -0.2) is 43.8 Å². The largest absolute Gasteiger partial charge is 0.394 e. The first-order valence-corrected chi connectivity index (χ1v) is 4.63. The number of aryl methyl sites for hydroxylation is 1. The van der Waals surface area contributed by atoms with Gasteiger partial charge >= 0.3 is 5.69 Å². The molecule has 0 atom stereocenters. The zero-order valence-electron chi connectivity index (χ0n) is 9.04. The molecule has 8 heteroatoms. The zero-order chi connectivity index (χ0) is 12.3. The molecule has 0 aliphatic rings. The maximum absolute atomic E-state index is 11.6. The lowest BCUT2D eigenvalue weighted by Gasteiger charge is -2.14. The van der Waals surface area contributed by atoms with E-state index in [0.717, 1.165) is 9.25 Å². The van der Waals surface area contributed by atoms with Gasteiger partial charge in [0, 0.05) is 14.1 Å². The van der Waals surface area contributed by atoms with Crippen molar-refractivity contribution in [1.82, 2.24) is 14.3 Å². The molecule has 1 aromatic rings. The highest BCUT2D eigenvalue weighted by Crippen LogP contribution is 1.93. The molecule has 0 fully saturated rings. The Labute approximate surface area is 90.8 Å². The molecule has 0 radical (unpaired) electrons. The SMILES string of the molecule is Cn1nc(NC(CO)CO)c(=O)n(C)c1=O. The van der Waals surface area contributed by atoms with Crippen molar-refractivity contribution in [1.29, 1.82) is 0 Å². The van der Waals surface area contributed by atoms with Crippen LogP contribution in [0.3, 0.4) is 0 Å². The Bertz CT molecular complexity index is 474. The van der Waals surface area contributed by atoms with Crippen LogP contribution >= 0.6 is 0 Å². The van der Waals surface area contributed by atoms with Gasteiger partial charge in [0.1, 0.15) is 0 Å². The predicted molar refractivity (Wildman–Crippen MR) is 56.3 cm³/mol. The fourth-order valence-electron chi connectivity index (χ4n) is 1.13. The van der Waals surface area contributed by atoms with Gasteiger partial charge in [-0.3, -0.25) is 9.36 Å². The van der Waals surface area contributed by atoms with E-state index >= 15 is 0 Å². The maximum atomic E-state index is 11.6. The van der Waals surface area contributed by atoms with Crippen molar-refractivity contribution in [2.45, 2.75) is 6.04 Å². The summed E-state index contributed by atoms with van der Waals surface area (Å²) < 4.78 is 1.89. The standard InChI is InChI=1S/C8H14N4O4/c1-11-7(15)6(9-5(3-13)4-14)10-12(2)8(11)16/h5,13-14H,3-4H2,1-2H3,(H,9,10). The number of hydrogen-bond donors (Lipinski definition) is 3. The van der Waals surface area contributed by atoms with Crippen LogP contribution in [0.25, 0.3) is 0 Å². The first-order valence-electron chi connectivity index (χ1n) is 4.63. The number of aromatic nitrogens is 3. The van der Waals surface area contributed by atoms with Gasteiger partial charge in [-0.05, 0) is 0 Å². The molecule has 16 heavy (non-hydrogen) atoms. The van der Waals surface area contributed by atoms with Crippen molar-refractivity contribution in [3.8, 4) is 0 Å². The van der Waals surface area contributed by atoms with Crippen molar-refractivity contribution in [3.05, 3.63) is 20.8 Å². The van der Waals surface area contributed by atoms with Crippen LogP contribution in [0.15, 0.2) is 9.59 Å². The minimum absolute atomic E-state index is 0.0855. The summed E-state index contributed by atoms with van der Waals surface area (Å²) in [6.45, 7) is -0.686. The Kier molecular flexibility index (Phi) is 3.80. The van der Waals surface area contributed by atoms with E-state index in [2.05, 4.69) is 10.4 Å². The number of anilines is 1. The lowest BCUT2D eigenvalue weighted by molar-refractivity contribution is 0.203. The van der Waals surface area contributed by atoms with Gasteiger partial charge in [0.15, 0.2) is 0 Å². The number of nitrogens with zero attached hydrogens (tertiary/aromatic N) is 3. The van der Waals surface area contributed by atoms with Crippen LogP contribution in [0.2, 0.25) is 0 Å². The minimum atomic E-state index is -0.683. The lowest BCUT2D eigenvalue weighted by Crippen LogP contribution is -2.42. The fourth-order valence-corrected chi connectivity index (χ4v) is 1.13. The first kappa shape index (κ1) is 12.4. The Morgan fingerprint density at radius 2 is 1.88 bits per heavy atom. The monoisotopic (exact) mass is 230 g/mol. The molecular weight excluding hydrogens is 216 g/mol. The van der Waals surface area contributed by atoms with Gasteiger partial charge in [-0.1, -0.05) is 0 Å². The highest BCUT2D eigenvalue weighted by Gasteiger charge is 2.12. The van der Waals surface area contributed by atoms with Gasteiger partial charge in [-0.15, -0.1) is 5.10 Å². The molecule has 0 aromatic carbocycles. The highest BCUT2D eigenvalue weighted by molar-refractivity contribution is 5.31. The lowest BCUT2D eigenvalue weighted by atomic mass is 10.3. The second-order valence-corrected chi connectivity index (χ2v) is 3.33. The molecule has 0 aliphatic heterocycles. The average molecular weight is 230 g/mol. The smallest absolute Gasteiger partial charge is 0.346 e. The van der Waals surface area contributed by atoms with E-state index in [1.54, 1.807) is 0 Å². The summed E-state index contributed by atoms with van der Waals surface area (Å²) in [6.07, 6.45) is 0. The van der Waals surface area contributed by atoms with Crippen molar-refractivity contribution in [2.75, 3.05) is 18.5 Å². The van der Waals surface area contributed by atoms with Crippen LogP contribution in [0, 0.1) is 0 Å². The number of aliphatic hydroxyl groups excluding tert-OH is 2. The quantitative estimate of drug-likeness (QED) is 0.517. The molecule has 1 heterocycles. The van der Waals surface area contributed by atoms with Crippen LogP contribution in [0.5, 0.6) is 0 Å². The summed E-state index contributed by atoms with van der Waals surface area (Å²) in [5.74, 6) is -0.0855. The third kappa shape index (κ3) is 2.28. The van der Waals surface area contributed by atoms with E-state index in [4.69, 9.17) is 10.2 Å². The molecule has 0 aliphatic carbocycles. The molecule has 0 amide bonds. The number of rotatable bonds is 4. The van der Waals surface area contributed by atoms with Gasteiger partial charge in [0.25, 0.3) is 5.56 Å². The first-order chi connectivity index (χ1) is 7.51. The number of nitrogens with one attached hydrogen (secondary N) is 1. The minimum Gasteiger partial charge on any atom is -0.394 e. The Morgan fingerprint density at radius 3 is 2.38 bits per heavy atom. The normalized spacial score (nSPS) is 10.8. The zero-order valence-corrected chi connectivity index (χ0v) is 9.04. The molecule has 8 nitrogen and oxygen atoms in total. The van der Waals surface area contributed by atoms with Crippen LogP contribution in [0.4, 0.5) is 5.82 Å². The van der Waals surface area contributed by atoms with Gasteiger partial charge in [0.2, 0.25) is 5.82 Å². The van der Waals surface area contributed by atoms with Crippen LogP contribution in [-0.2, 0) is 14.1 Å². The molecular formula is C8H14N4O4. The second kappa shape index (κ2) is 4.90. The van der Waals surface area contributed by atoms with Crippen molar-refractivity contribution >= 4 is 5.82 Å². The Morgan fingerprint density at radius 1 is 1.31 bits per heavy atom. The van der Waals surface area contributed by atoms with Gasteiger partial charge in [-0.25, -0.2) is 9.48 Å². The molecule has 0 bridgehead atoms. The summed E-state index contributed by atoms with van der Waals surface area (Å²) in [5, 5.41) is 23.9. The summed E-state index contributed by atoms with van der Waals surface area (Å²) >= 11 is 0. The van der Waals surface area contributed by atoms with E-state index < -0.39 is 17.3 Å². The van der Waals surface area contributed by atoms with Gasteiger partial charge < -0.3 is 15.5 Å². The van der Waals surface area contributed by atoms with E-state index in [0.29, 0.717) is 0 Å². The Balaban J connectivity index is 3.16. The molecule has 0 saturated heterocycles. The van der Waals surface area contributed by atoms with Crippen molar-refractivity contribution < 1.29 is 10.2 Å². The average Bonchev–Trinajstić information content (AvgIpc) is 2.29. The fraction of sp³-hybridized carbons (Fsp3) is 0.625. The van der Waals surface area contributed by atoms with Crippen molar-refractivity contribution in [3.63, 3.8) is 0 Å². The summed E-state index contributed by atoms with van der Waals surface area (Å²) in [6, 6.07) is -0.683. The van der Waals surface area contributed by atoms with E-state index in [1.165, 1.54) is 14.1 Å².